The van der Waals surface area contributed by atoms with Gasteiger partial charge in [0.1, 0.15) is 0 Å². The summed E-state index contributed by atoms with van der Waals surface area (Å²) in [5.41, 5.74) is 3.19. The number of nitrogens with one attached hydrogen (secondary N) is 3. The molecule has 3 aromatic rings. The van der Waals surface area contributed by atoms with E-state index < -0.39 is 16.7 Å². The number of rotatable bonds is 12. The van der Waals surface area contributed by atoms with Crippen LogP contribution in [0.4, 0.5) is 0 Å². The predicted molar refractivity (Wildman–Crippen MR) is 155 cm³/mol. The third kappa shape index (κ3) is 7.85. The highest BCUT2D eigenvalue weighted by Gasteiger charge is 2.41. The Bertz CT molecular complexity index is 1170. The summed E-state index contributed by atoms with van der Waals surface area (Å²) in [5, 5.41) is 8.77. The lowest BCUT2D eigenvalue weighted by Gasteiger charge is -2.26. The summed E-state index contributed by atoms with van der Waals surface area (Å²) in [6.07, 6.45) is 0.692. The molecule has 200 valence electrons. The minimum atomic E-state index is -1.44. The molecule has 38 heavy (non-hydrogen) atoms. The second kappa shape index (κ2) is 14.4. The number of thioether (sulfide) groups is 1. The van der Waals surface area contributed by atoms with Gasteiger partial charge in [0, 0.05) is 25.8 Å². The fourth-order valence-corrected chi connectivity index (χ4v) is 7.03. The van der Waals surface area contributed by atoms with Crippen molar-refractivity contribution in [2.24, 2.45) is 0 Å². The molecule has 0 spiro atoms. The van der Waals surface area contributed by atoms with Crippen LogP contribution in [0.25, 0.3) is 11.1 Å². The fourth-order valence-electron chi connectivity index (χ4n) is 4.31. The lowest BCUT2D eigenvalue weighted by molar-refractivity contribution is -0.123. The maximum Gasteiger partial charge on any atom is 0.252 e. The first-order valence-electron chi connectivity index (χ1n) is 12.8. The average molecular weight is 551 g/mol. The van der Waals surface area contributed by atoms with Crippen LogP contribution in [0.1, 0.15) is 24.9 Å². The monoisotopic (exact) mass is 550 g/mol. The van der Waals surface area contributed by atoms with Crippen molar-refractivity contribution in [1.82, 2.24) is 20.3 Å². The van der Waals surface area contributed by atoms with Crippen LogP contribution in [0, 0.1) is 0 Å². The van der Waals surface area contributed by atoms with E-state index in [9.17, 15) is 14.1 Å². The van der Waals surface area contributed by atoms with E-state index in [-0.39, 0.29) is 17.9 Å². The molecule has 1 aliphatic heterocycles. The van der Waals surface area contributed by atoms with Gasteiger partial charge in [0.15, 0.2) is 10.3 Å². The van der Waals surface area contributed by atoms with E-state index in [2.05, 4.69) is 16.0 Å². The lowest BCUT2D eigenvalue weighted by atomic mass is 10.0. The molecule has 4 rings (SSSR count). The third-order valence-corrected chi connectivity index (χ3v) is 9.08. The first-order valence-corrected chi connectivity index (χ1v) is 14.9. The van der Waals surface area contributed by atoms with E-state index in [0.29, 0.717) is 37.5 Å². The zero-order valence-electron chi connectivity index (χ0n) is 21.5. The molecule has 0 radical (unpaired) electrons. The molecule has 0 saturated carbocycles. The SMILES string of the molecule is CC(=O)NCCNCCC(NC(=O)C1SCCN1[S+]([O-])c1ccc(-c2ccccc2)cc1)c1ccccc1. The zero-order chi connectivity index (χ0) is 26.7. The summed E-state index contributed by atoms with van der Waals surface area (Å²) in [4.78, 5) is 25.2. The minimum Gasteiger partial charge on any atom is -0.593 e. The highest BCUT2D eigenvalue weighted by atomic mass is 32.2. The Morgan fingerprint density at radius 2 is 1.61 bits per heavy atom. The molecule has 7 nitrogen and oxygen atoms in total. The summed E-state index contributed by atoms with van der Waals surface area (Å²) in [6.45, 7) is 3.97. The first kappa shape index (κ1) is 28.2. The fraction of sp³-hybridized carbons (Fsp3) is 0.310. The topological polar surface area (TPSA) is 96.5 Å². The Kier molecular flexibility index (Phi) is 10.7. The van der Waals surface area contributed by atoms with E-state index >= 15 is 0 Å². The van der Waals surface area contributed by atoms with Gasteiger partial charge in [-0.2, -0.15) is 0 Å². The standard InChI is InChI=1S/C29H34N4O3S2/c1-22(34)31-19-18-30-17-16-27(25-10-6-3-7-11-25)32-28(35)29-33(20-21-37-29)38(36)26-14-12-24(13-15-26)23-8-4-2-5-9-23/h2-15,27,29-30H,16-21H2,1H3,(H,31,34)(H,32,35). The maximum atomic E-state index is 13.5. The van der Waals surface area contributed by atoms with Crippen LogP contribution in [0.15, 0.2) is 89.8 Å². The van der Waals surface area contributed by atoms with Gasteiger partial charge in [0.2, 0.25) is 5.91 Å². The minimum absolute atomic E-state index is 0.0515. The summed E-state index contributed by atoms with van der Waals surface area (Å²) in [5.74, 6) is 0.560. The van der Waals surface area contributed by atoms with Gasteiger partial charge in [0.25, 0.3) is 5.91 Å². The van der Waals surface area contributed by atoms with Crippen molar-refractivity contribution in [3.63, 3.8) is 0 Å². The summed E-state index contributed by atoms with van der Waals surface area (Å²) < 4.78 is 15.3. The van der Waals surface area contributed by atoms with Crippen LogP contribution in [0.2, 0.25) is 0 Å². The van der Waals surface area contributed by atoms with E-state index in [0.717, 1.165) is 22.4 Å². The maximum absolute atomic E-state index is 13.5. The molecule has 0 bridgehead atoms. The Morgan fingerprint density at radius 1 is 0.947 bits per heavy atom. The average Bonchev–Trinajstić information content (AvgIpc) is 3.45. The highest BCUT2D eigenvalue weighted by Crippen LogP contribution is 2.32. The van der Waals surface area contributed by atoms with Gasteiger partial charge in [-0.25, -0.2) is 0 Å². The number of nitrogens with zero attached hydrogens (tertiary/aromatic N) is 1. The Hall–Kier alpha value is -2.82. The molecular weight excluding hydrogens is 516 g/mol. The molecule has 3 N–H and O–H groups in total. The normalized spacial score (nSPS) is 17.1. The van der Waals surface area contributed by atoms with Crippen molar-refractivity contribution >= 4 is 34.9 Å². The van der Waals surface area contributed by atoms with Crippen LogP contribution >= 0.6 is 11.8 Å². The number of carbonyl (C=O) groups excluding carboxylic acids is 2. The van der Waals surface area contributed by atoms with Gasteiger partial charge < -0.3 is 20.5 Å². The number of benzene rings is 3. The largest absolute Gasteiger partial charge is 0.593 e. The van der Waals surface area contributed by atoms with Crippen LogP contribution in [0.5, 0.6) is 0 Å². The van der Waals surface area contributed by atoms with Gasteiger partial charge >= 0.3 is 0 Å². The molecule has 1 saturated heterocycles. The predicted octanol–water partition coefficient (Wildman–Crippen LogP) is 3.72. The van der Waals surface area contributed by atoms with Crippen molar-refractivity contribution in [2.45, 2.75) is 29.7 Å². The summed E-state index contributed by atoms with van der Waals surface area (Å²) in [6, 6.07) is 27.5. The van der Waals surface area contributed by atoms with Gasteiger partial charge in [-0.05, 0) is 53.9 Å². The molecule has 3 unspecified atom stereocenters. The van der Waals surface area contributed by atoms with Gasteiger partial charge in [-0.3, -0.25) is 9.59 Å². The zero-order valence-corrected chi connectivity index (χ0v) is 23.1. The van der Waals surface area contributed by atoms with Gasteiger partial charge in [-0.1, -0.05) is 65.0 Å². The van der Waals surface area contributed by atoms with Crippen LogP contribution in [0.3, 0.4) is 0 Å². The van der Waals surface area contributed by atoms with Crippen LogP contribution in [-0.2, 0) is 21.0 Å². The molecular formula is C29H34N4O3S2. The molecule has 0 aliphatic carbocycles. The number of hydrogen-bond donors (Lipinski definition) is 3. The molecule has 1 heterocycles. The second-order valence-corrected chi connectivity index (χ2v) is 11.6. The van der Waals surface area contributed by atoms with Crippen LogP contribution < -0.4 is 16.0 Å². The molecule has 0 aromatic heterocycles. The molecule has 9 heteroatoms. The van der Waals surface area contributed by atoms with Crippen LogP contribution in [-0.4, -0.2) is 58.0 Å². The first-order chi connectivity index (χ1) is 18.5. The van der Waals surface area contributed by atoms with Crippen molar-refractivity contribution in [3.8, 4) is 11.1 Å². The third-order valence-electron chi connectivity index (χ3n) is 6.25. The Balaban J connectivity index is 1.38. The summed E-state index contributed by atoms with van der Waals surface area (Å²) in [7, 11) is 0. The molecule has 1 fully saturated rings. The van der Waals surface area contributed by atoms with E-state index in [1.165, 1.54) is 18.7 Å². The van der Waals surface area contributed by atoms with Crippen molar-refractivity contribution in [1.29, 1.82) is 0 Å². The van der Waals surface area contributed by atoms with E-state index in [1.807, 2.05) is 84.9 Å². The Labute approximate surface area is 232 Å². The van der Waals surface area contributed by atoms with Gasteiger partial charge in [0.05, 0.1) is 23.9 Å². The van der Waals surface area contributed by atoms with Crippen molar-refractivity contribution < 1.29 is 14.1 Å². The quantitative estimate of drug-likeness (QED) is 0.235. The molecule has 2 amide bonds. The smallest absolute Gasteiger partial charge is 0.252 e. The molecule has 1 aliphatic rings. The van der Waals surface area contributed by atoms with Crippen molar-refractivity contribution in [3.05, 3.63) is 90.5 Å². The summed E-state index contributed by atoms with van der Waals surface area (Å²) >= 11 is 0.0798. The van der Waals surface area contributed by atoms with Crippen molar-refractivity contribution in [2.75, 3.05) is 31.9 Å². The van der Waals surface area contributed by atoms with E-state index in [1.54, 1.807) is 4.31 Å². The lowest BCUT2D eigenvalue weighted by Crippen LogP contribution is -2.46. The van der Waals surface area contributed by atoms with Gasteiger partial charge in [-0.15, -0.1) is 11.8 Å². The number of amides is 2. The molecule has 3 aromatic carbocycles. The molecule has 3 atom stereocenters. The second-order valence-electron chi connectivity index (χ2n) is 9.00. The Morgan fingerprint density at radius 3 is 2.29 bits per heavy atom. The van der Waals surface area contributed by atoms with E-state index in [4.69, 9.17) is 0 Å². The highest BCUT2D eigenvalue weighted by molar-refractivity contribution is 8.02. The number of carbonyl (C=O) groups is 2. The number of hydrogen-bond acceptors (Lipinski definition) is 6.